The van der Waals surface area contributed by atoms with Crippen molar-refractivity contribution in [1.29, 1.82) is 0 Å². The predicted molar refractivity (Wildman–Crippen MR) is 119 cm³/mol. The second kappa shape index (κ2) is 8.86. The van der Waals surface area contributed by atoms with Gasteiger partial charge in [0.2, 0.25) is 0 Å². The lowest BCUT2D eigenvalue weighted by Crippen LogP contribution is -2.15. The molecule has 0 aliphatic rings. The van der Waals surface area contributed by atoms with Gasteiger partial charge in [0.05, 0.1) is 29.7 Å². The topological polar surface area (TPSA) is 111 Å². The van der Waals surface area contributed by atoms with Gasteiger partial charge in [0, 0.05) is 5.69 Å². The summed E-state index contributed by atoms with van der Waals surface area (Å²) in [5.41, 5.74) is 1.40. The molecule has 0 heterocycles. The SMILES string of the molecule is COc1ccc(S(=O)(=O)Nc2ccc(S(=O)(=O)Nc3cc(C)ccc3OC)cc2)cc1. The summed E-state index contributed by atoms with van der Waals surface area (Å²) in [6.07, 6.45) is 0. The molecule has 0 spiro atoms. The smallest absolute Gasteiger partial charge is 0.262 e. The van der Waals surface area contributed by atoms with Crippen LogP contribution in [0.1, 0.15) is 5.56 Å². The van der Waals surface area contributed by atoms with Crippen molar-refractivity contribution in [2.45, 2.75) is 16.7 Å². The summed E-state index contributed by atoms with van der Waals surface area (Å²) in [7, 11) is -4.80. The first kappa shape index (κ1) is 22.4. The molecule has 0 aliphatic heterocycles. The van der Waals surface area contributed by atoms with E-state index in [0.717, 1.165) is 5.56 Å². The van der Waals surface area contributed by atoms with Crippen molar-refractivity contribution in [1.82, 2.24) is 0 Å². The van der Waals surface area contributed by atoms with E-state index in [9.17, 15) is 16.8 Å². The van der Waals surface area contributed by atoms with E-state index in [1.165, 1.54) is 62.8 Å². The van der Waals surface area contributed by atoms with Crippen LogP contribution >= 0.6 is 0 Å². The fourth-order valence-electron chi connectivity index (χ4n) is 2.78. The summed E-state index contributed by atoms with van der Waals surface area (Å²) >= 11 is 0. The van der Waals surface area contributed by atoms with Crippen LogP contribution in [0, 0.1) is 6.92 Å². The Hall–Kier alpha value is -3.24. The summed E-state index contributed by atoms with van der Waals surface area (Å²) in [4.78, 5) is 0.0293. The number of aryl methyl sites for hydroxylation is 1. The lowest BCUT2D eigenvalue weighted by Gasteiger charge is -2.13. The zero-order valence-electron chi connectivity index (χ0n) is 17.1. The summed E-state index contributed by atoms with van der Waals surface area (Å²) in [5.74, 6) is 0.921. The molecular formula is C21H22N2O6S2. The lowest BCUT2D eigenvalue weighted by atomic mass is 10.2. The van der Waals surface area contributed by atoms with Gasteiger partial charge in [-0.1, -0.05) is 6.07 Å². The molecule has 164 valence electrons. The number of sulfonamides is 2. The second-order valence-corrected chi connectivity index (χ2v) is 9.98. The fourth-order valence-corrected chi connectivity index (χ4v) is 4.90. The Bertz CT molecular complexity index is 1270. The Kier molecular flexibility index (Phi) is 6.42. The summed E-state index contributed by atoms with van der Waals surface area (Å²) in [6.45, 7) is 1.83. The van der Waals surface area contributed by atoms with E-state index in [1.807, 2.05) is 6.92 Å². The summed E-state index contributed by atoms with van der Waals surface area (Å²) in [5, 5.41) is 0. The van der Waals surface area contributed by atoms with Crippen molar-refractivity contribution < 1.29 is 26.3 Å². The lowest BCUT2D eigenvalue weighted by molar-refractivity contribution is 0.414. The van der Waals surface area contributed by atoms with Crippen LogP contribution in [0.3, 0.4) is 0 Å². The Balaban J connectivity index is 1.79. The molecule has 10 heteroatoms. The Morgan fingerprint density at radius 1 is 0.677 bits per heavy atom. The monoisotopic (exact) mass is 462 g/mol. The minimum absolute atomic E-state index is 0.0246. The van der Waals surface area contributed by atoms with Gasteiger partial charge in [-0.25, -0.2) is 16.8 Å². The summed E-state index contributed by atoms with van der Waals surface area (Å²) in [6, 6.07) is 16.4. The van der Waals surface area contributed by atoms with Gasteiger partial charge in [-0.3, -0.25) is 9.44 Å². The molecule has 0 amide bonds. The van der Waals surface area contributed by atoms with Gasteiger partial charge in [-0.2, -0.15) is 0 Å². The maximum atomic E-state index is 12.7. The van der Waals surface area contributed by atoms with Crippen LogP contribution in [-0.2, 0) is 20.0 Å². The maximum Gasteiger partial charge on any atom is 0.262 e. The number of methoxy groups -OCH3 is 2. The number of rotatable bonds is 8. The van der Waals surface area contributed by atoms with Crippen molar-refractivity contribution in [2.24, 2.45) is 0 Å². The predicted octanol–water partition coefficient (Wildman–Crippen LogP) is 3.61. The van der Waals surface area contributed by atoms with E-state index in [-0.39, 0.29) is 15.5 Å². The van der Waals surface area contributed by atoms with Gasteiger partial charge in [-0.05, 0) is 73.2 Å². The fraction of sp³-hybridized carbons (Fsp3) is 0.143. The average molecular weight is 463 g/mol. The van der Waals surface area contributed by atoms with Gasteiger partial charge >= 0.3 is 0 Å². The van der Waals surface area contributed by atoms with Gasteiger partial charge < -0.3 is 9.47 Å². The molecule has 0 saturated heterocycles. The molecule has 0 atom stereocenters. The van der Waals surface area contributed by atoms with Gasteiger partial charge in [0.1, 0.15) is 11.5 Å². The third-order valence-electron chi connectivity index (χ3n) is 4.39. The molecule has 2 N–H and O–H groups in total. The molecule has 3 aromatic carbocycles. The molecular weight excluding hydrogens is 440 g/mol. The largest absolute Gasteiger partial charge is 0.497 e. The minimum atomic E-state index is -3.90. The van der Waals surface area contributed by atoms with Gasteiger partial charge in [-0.15, -0.1) is 0 Å². The number of hydrogen-bond acceptors (Lipinski definition) is 6. The third kappa shape index (κ3) is 5.28. The highest BCUT2D eigenvalue weighted by Gasteiger charge is 2.18. The maximum absolute atomic E-state index is 12.7. The Labute approximate surface area is 181 Å². The van der Waals surface area contributed by atoms with E-state index >= 15 is 0 Å². The number of anilines is 2. The van der Waals surface area contributed by atoms with Crippen molar-refractivity contribution in [2.75, 3.05) is 23.7 Å². The highest BCUT2D eigenvalue weighted by atomic mass is 32.2. The van der Waals surface area contributed by atoms with E-state index < -0.39 is 20.0 Å². The quantitative estimate of drug-likeness (QED) is 0.529. The zero-order valence-corrected chi connectivity index (χ0v) is 18.7. The van der Waals surface area contributed by atoms with Crippen LogP contribution in [0.15, 0.2) is 76.5 Å². The van der Waals surface area contributed by atoms with E-state index in [1.54, 1.807) is 18.2 Å². The van der Waals surface area contributed by atoms with Crippen LogP contribution < -0.4 is 18.9 Å². The van der Waals surface area contributed by atoms with Crippen LogP contribution in [0.2, 0.25) is 0 Å². The van der Waals surface area contributed by atoms with Crippen molar-refractivity contribution >= 4 is 31.4 Å². The van der Waals surface area contributed by atoms with Gasteiger partial charge in [0.25, 0.3) is 20.0 Å². The third-order valence-corrected chi connectivity index (χ3v) is 7.16. The number of benzene rings is 3. The molecule has 0 radical (unpaired) electrons. The summed E-state index contributed by atoms with van der Waals surface area (Å²) < 4.78 is 65.7. The molecule has 3 aromatic rings. The average Bonchev–Trinajstić information content (AvgIpc) is 2.74. The first-order valence-corrected chi connectivity index (χ1v) is 12.1. The van der Waals surface area contributed by atoms with E-state index in [4.69, 9.17) is 9.47 Å². The molecule has 0 saturated carbocycles. The number of nitrogens with one attached hydrogen (secondary N) is 2. The van der Waals surface area contributed by atoms with E-state index in [2.05, 4.69) is 9.44 Å². The van der Waals surface area contributed by atoms with Gasteiger partial charge in [0.15, 0.2) is 0 Å². The van der Waals surface area contributed by atoms with Crippen molar-refractivity contribution in [3.63, 3.8) is 0 Å². The standard InChI is InChI=1S/C21H22N2O6S2/c1-15-4-13-21(29-3)20(14-15)23-31(26,27)18-9-5-16(6-10-18)22-30(24,25)19-11-7-17(28-2)8-12-19/h4-14,22-23H,1-3H3. The minimum Gasteiger partial charge on any atom is -0.497 e. The number of ether oxygens (including phenoxy) is 2. The number of hydrogen-bond donors (Lipinski definition) is 2. The van der Waals surface area contributed by atoms with Crippen molar-refractivity contribution in [3.8, 4) is 11.5 Å². The molecule has 0 aliphatic carbocycles. The van der Waals surface area contributed by atoms with Crippen LogP contribution in [-0.4, -0.2) is 31.1 Å². The Morgan fingerprint density at radius 3 is 1.77 bits per heavy atom. The van der Waals surface area contributed by atoms with Crippen molar-refractivity contribution in [3.05, 3.63) is 72.3 Å². The first-order valence-electron chi connectivity index (χ1n) is 9.09. The molecule has 0 aromatic heterocycles. The van der Waals surface area contributed by atoms with E-state index in [0.29, 0.717) is 17.2 Å². The Morgan fingerprint density at radius 2 is 1.23 bits per heavy atom. The zero-order chi connectivity index (χ0) is 22.6. The van der Waals surface area contributed by atoms with Crippen LogP contribution in [0.4, 0.5) is 11.4 Å². The van der Waals surface area contributed by atoms with Crippen LogP contribution in [0.25, 0.3) is 0 Å². The highest BCUT2D eigenvalue weighted by molar-refractivity contribution is 7.93. The molecule has 3 rings (SSSR count). The molecule has 0 fully saturated rings. The molecule has 0 bridgehead atoms. The molecule has 8 nitrogen and oxygen atoms in total. The first-order chi connectivity index (χ1) is 14.6. The second-order valence-electron chi connectivity index (χ2n) is 6.61. The normalized spacial score (nSPS) is 11.6. The highest BCUT2D eigenvalue weighted by Crippen LogP contribution is 2.28. The molecule has 31 heavy (non-hydrogen) atoms. The van der Waals surface area contributed by atoms with Crippen LogP contribution in [0.5, 0.6) is 11.5 Å². The molecule has 0 unspecified atom stereocenters.